The molecule has 4 rings (SSSR count). The summed E-state index contributed by atoms with van der Waals surface area (Å²) in [6.07, 6.45) is 5.77. The Morgan fingerprint density at radius 2 is 1.68 bits per heavy atom. The third-order valence-corrected chi connectivity index (χ3v) is 6.74. The summed E-state index contributed by atoms with van der Waals surface area (Å²) in [6.45, 7) is 0. The second-order valence-corrected chi connectivity index (χ2v) is 9.44. The van der Waals surface area contributed by atoms with Crippen LogP contribution in [0.5, 0.6) is 0 Å². The first kappa shape index (κ1) is 19.2. The lowest BCUT2D eigenvalue weighted by atomic mass is 9.99. The van der Waals surface area contributed by atoms with E-state index in [0.29, 0.717) is 0 Å². The van der Waals surface area contributed by atoms with Crippen LogP contribution >= 0.6 is 11.6 Å². The van der Waals surface area contributed by atoms with Crippen LogP contribution in [-0.2, 0) is 41.5 Å². The molecule has 8 heteroatoms. The molecule has 0 spiro atoms. The predicted octanol–water partition coefficient (Wildman–Crippen LogP) is 4.11. The average Bonchev–Trinajstić information content (AvgIpc) is 3.25. The number of nitrogens with one attached hydrogen (secondary N) is 2. The Kier molecular flexibility index (Phi) is 5.05. The summed E-state index contributed by atoms with van der Waals surface area (Å²) in [5.74, 6) is -1.37. The highest BCUT2D eigenvalue weighted by atomic mass is 35.5. The Hall–Kier alpha value is -2.12. The van der Waals surface area contributed by atoms with E-state index in [2.05, 4.69) is 11.4 Å². The lowest BCUT2D eigenvalue weighted by Gasteiger charge is -2.16. The Morgan fingerprint density at radius 3 is 2.29 bits per heavy atom. The third-order valence-electron chi connectivity index (χ3n) is 5.32. The molecule has 148 valence electrons. The molecular formula is C20H20ClFN2O3S. The van der Waals surface area contributed by atoms with Gasteiger partial charge in [0, 0.05) is 16.3 Å². The van der Waals surface area contributed by atoms with Crippen molar-refractivity contribution in [1.29, 1.82) is 0 Å². The van der Waals surface area contributed by atoms with E-state index in [1.54, 1.807) is 0 Å². The Morgan fingerprint density at radius 1 is 1.04 bits per heavy atom. The summed E-state index contributed by atoms with van der Waals surface area (Å²) >= 11 is 5.69. The van der Waals surface area contributed by atoms with Crippen LogP contribution in [0.2, 0.25) is 5.02 Å². The molecule has 0 radical (unpaired) electrons. The van der Waals surface area contributed by atoms with Gasteiger partial charge in [0.2, 0.25) is 10.0 Å². The van der Waals surface area contributed by atoms with Crippen LogP contribution in [0.15, 0.2) is 24.3 Å². The van der Waals surface area contributed by atoms with Crippen molar-refractivity contribution in [2.24, 2.45) is 0 Å². The first-order chi connectivity index (χ1) is 13.3. The number of aryl methyl sites for hydroxylation is 2. The maximum atomic E-state index is 13.9. The molecule has 28 heavy (non-hydrogen) atoms. The van der Waals surface area contributed by atoms with Crippen LogP contribution in [0.1, 0.15) is 40.7 Å². The lowest BCUT2D eigenvalue weighted by Crippen LogP contribution is -2.35. The maximum Gasteiger partial charge on any atom is 0.332 e. The molecule has 0 atom stereocenters. The van der Waals surface area contributed by atoms with Gasteiger partial charge >= 0.3 is 6.03 Å². The van der Waals surface area contributed by atoms with Crippen LogP contribution < -0.4 is 10.0 Å². The number of halogens is 2. The molecule has 2 aliphatic carbocycles. The molecule has 2 aliphatic rings. The number of benzene rings is 2. The van der Waals surface area contributed by atoms with Gasteiger partial charge in [0.15, 0.2) is 0 Å². The van der Waals surface area contributed by atoms with E-state index < -0.39 is 27.6 Å². The van der Waals surface area contributed by atoms with Crippen LogP contribution in [0.25, 0.3) is 0 Å². The molecule has 2 aromatic rings. The zero-order chi connectivity index (χ0) is 19.9. The predicted molar refractivity (Wildman–Crippen MR) is 107 cm³/mol. The number of hydrogen-bond acceptors (Lipinski definition) is 3. The van der Waals surface area contributed by atoms with E-state index in [0.717, 1.165) is 61.4 Å². The van der Waals surface area contributed by atoms with Crippen molar-refractivity contribution in [3.05, 3.63) is 62.9 Å². The Labute approximate surface area is 168 Å². The van der Waals surface area contributed by atoms with Gasteiger partial charge in [-0.15, -0.1) is 0 Å². The van der Waals surface area contributed by atoms with Crippen LogP contribution in [0.3, 0.4) is 0 Å². The zero-order valence-electron chi connectivity index (χ0n) is 15.1. The fourth-order valence-corrected chi connectivity index (χ4v) is 5.33. The topological polar surface area (TPSA) is 75.3 Å². The second-order valence-electron chi connectivity index (χ2n) is 7.29. The van der Waals surface area contributed by atoms with Crippen molar-refractivity contribution in [1.82, 2.24) is 4.72 Å². The highest BCUT2D eigenvalue weighted by molar-refractivity contribution is 7.89. The van der Waals surface area contributed by atoms with E-state index in [-0.39, 0.29) is 10.6 Å². The van der Waals surface area contributed by atoms with Crippen molar-refractivity contribution in [3.63, 3.8) is 0 Å². The molecule has 0 aliphatic heterocycles. The third kappa shape index (κ3) is 3.86. The zero-order valence-corrected chi connectivity index (χ0v) is 16.7. The van der Waals surface area contributed by atoms with Gasteiger partial charge in [0.1, 0.15) is 5.82 Å². The fourth-order valence-electron chi connectivity index (χ4n) is 4.13. The van der Waals surface area contributed by atoms with Crippen molar-refractivity contribution in [2.45, 2.75) is 44.3 Å². The highest BCUT2D eigenvalue weighted by Crippen LogP contribution is 2.38. The number of urea groups is 1. The number of sulfonamides is 1. The van der Waals surface area contributed by atoms with Crippen LogP contribution in [0, 0.1) is 5.82 Å². The van der Waals surface area contributed by atoms with E-state index in [1.165, 1.54) is 23.3 Å². The number of fused-ring (bicyclic) bond motifs is 2. The molecule has 0 aromatic heterocycles. The van der Waals surface area contributed by atoms with Gasteiger partial charge in [-0.3, -0.25) is 0 Å². The monoisotopic (exact) mass is 422 g/mol. The Balaban J connectivity index is 1.52. The molecule has 0 saturated heterocycles. The molecule has 2 amide bonds. The molecule has 5 nitrogen and oxygen atoms in total. The van der Waals surface area contributed by atoms with E-state index >= 15 is 0 Å². The van der Waals surface area contributed by atoms with Crippen molar-refractivity contribution < 1.29 is 17.6 Å². The average molecular weight is 423 g/mol. The molecule has 0 unspecified atom stereocenters. The molecule has 0 heterocycles. The molecule has 2 aromatic carbocycles. The number of hydrogen-bond donors (Lipinski definition) is 2. The maximum absolute atomic E-state index is 13.9. The number of anilines is 1. The minimum atomic E-state index is -4.06. The van der Waals surface area contributed by atoms with Crippen LogP contribution in [-0.4, -0.2) is 14.4 Å². The number of carbonyl (C=O) groups excluding carboxylic acids is 1. The minimum absolute atomic E-state index is 0.0498. The SMILES string of the molecule is O=C(Nc1c2c(cc3c1CCC3)CCC2)NS(=O)(=O)Cc1ccc(Cl)cc1F. The van der Waals surface area contributed by atoms with Gasteiger partial charge in [-0.1, -0.05) is 23.7 Å². The normalized spacial score (nSPS) is 15.2. The van der Waals surface area contributed by atoms with Gasteiger partial charge in [-0.25, -0.2) is 22.3 Å². The van der Waals surface area contributed by atoms with Crippen LogP contribution in [0.4, 0.5) is 14.9 Å². The van der Waals surface area contributed by atoms with Gasteiger partial charge in [0.05, 0.1) is 5.75 Å². The summed E-state index contributed by atoms with van der Waals surface area (Å²) in [5.41, 5.74) is 5.40. The van der Waals surface area contributed by atoms with Gasteiger partial charge in [0.25, 0.3) is 0 Å². The first-order valence-electron chi connectivity index (χ1n) is 9.24. The summed E-state index contributed by atoms with van der Waals surface area (Å²) in [5, 5.41) is 2.94. The summed E-state index contributed by atoms with van der Waals surface area (Å²) in [7, 11) is -4.06. The fraction of sp³-hybridized carbons (Fsp3) is 0.350. The number of rotatable bonds is 4. The smallest absolute Gasteiger partial charge is 0.307 e. The lowest BCUT2D eigenvalue weighted by molar-refractivity contribution is 0.256. The van der Waals surface area contributed by atoms with E-state index in [9.17, 15) is 17.6 Å². The van der Waals surface area contributed by atoms with Crippen molar-refractivity contribution in [2.75, 3.05) is 5.32 Å². The number of carbonyl (C=O) groups is 1. The number of amides is 2. The molecule has 0 bridgehead atoms. The molecule has 0 saturated carbocycles. The van der Waals surface area contributed by atoms with Gasteiger partial charge in [-0.05, 0) is 72.9 Å². The quantitative estimate of drug-likeness (QED) is 0.778. The first-order valence-corrected chi connectivity index (χ1v) is 11.3. The summed E-state index contributed by atoms with van der Waals surface area (Å²) in [6, 6.07) is 5.16. The standard InChI is InChI=1S/C20H20ClFN2O3S/c21-15-8-7-14(18(22)10-15)11-28(26,27)24-20(25)23-19-16-5-1-3-12(16)9-13-4-2-6-17(13)19/h7-10H,1-6,11H2,(H2,23,24,25). The minimum Gasteiger partial charge on any atom is -0.307 e. The molecule has 0 fully saturated rings. The summed E-state index contributed by atoms with van der Waals surface area (Å²) < 4.78 is 40.6. The summed E-state index contributed by atoms with van der Waals surface area (Å²) in [4.78, 5) is 12.4. The molecular weight excluding hydrogens is 403 g/mol. The highest BCUT2D eigenvalue weighted by Gasteiger charge is 2.26. The molecule has 2 N–H and O–H groups in total. The second kappa shape index (κ2) is 7.37. The van der Waals surface area contributed by atoms with Crippen molar-refractivity contribution >= 4 is 33.3 Å². The van der Waals surface area contributed by atoms with E-state index in [1.807, 2.05) is 4.72 Å². The van der Waals surface area contributed by atoms with E-state index in [4.69, 9.17) is 11.6 Å². The van der Waals surface area contributed by atoms with Gasteiger partial charge in [-0.2, -0.15) is 0 Å². The van der Waals surface area contributed by atoms with Crippen molar-refractivity contribution in [3.8, 4) is 0 Å². The Bertz CT molecular complexity index is 1040. The van der Waals surface area contributed by atoms with Gasteiger partial charge < -0.3 is 5.32 Å². The largest absolute Gasteiger partial charge is 0.332 e.